The van der Waals surface area contributed by atoms with Crippen molar-refractivity contribution in [3.05, 3.63) is 12.2 Å². The van der Waals surface area contributed by atoms with E-state index < -0.39 is 88.2 Å². The molecule has 0 bridgehead atoms. The number of ether oxygens (including phenoxy) is 5. The normalized spacial score (nSPS) is 46.9. The molecule has 10 nitrogen and oxygen atoms in total. The van der Waals surface area contributed by atoms with Crippen molar-refractivity contribution in [3.8, 4) is 0 Å². The summed E-state index contributed by atoms with van der Waals surface area (Å²) in [6.07, 6.45) is -3.96. The van der Waals surface area contributed by atoms with E-state index >= 15 is 0 Å². The van der Waals surface area contributed by atoms with Crippen molar-refractivity contribution in [2.75, 3.05) is 0 Å². The SMILES string of the molecule is C=C1CCC(OC(C)=O)C2(C)C(OC(C)=O)CC3OC3(C)C2C(OC(C)=O)C2(O)C(C)C(=O)OC2C1Cl. The van der Waals surface area contributed by atoms with Gasteiger partial charge in [0.25, 0.3) is 0 Å². The van der Waals surface area contributed by atoms with Crippen LogP contribution in [0.25, 0.3) is 0 Å². The highest BCUT2D eigenvalue weighted by atomic mass is 35.5. The van der Waals surface area contributed by atoms with Crippen LogP contribution in [-0.2, 0) is 42.9 Å². The Morgan fingerprint density at radius 3 is 2.19 bits per heavy atom. The number of fused-ring (bicyclic) bond motifs is 4. The average molecular weight is 543 g/mol. The van der Waals surface area contributed by atoms with Gasteiger partial charge in [-0.3, -0.25) is 19.2 Å². The minimum absolute atomic E-state index is 0.245. The van der Waals surface area contributed by atoms with Crippen LogP contribution in [0.4, 0.5) is 0 Å². The minimum atomic E-state index is -2.10. The minimum Gasteiger partial charge on any atom is -0.462 e. The molecule has 0 aromatic rings. The van der Waals surface area contributed by atoms with Crippen LogP contribution in [0.3, 0.4) is 0 Å². The number of halogens is 1. The number of aliphatic hydroxyl groups is 1. The molecular weight excluding hydrogens is 508 g/mol. The van der Waals surface area contributed by atoms with Gasteiger partial charge in [-0.25, -0.2) is 0 Å². The lowest BCUT2D eigenvalue weighted by Gasteiger charge is -2.56. The van der Waals surface area contributed by atoms with Gasteiger partial charge in [0.1, 0.15) is 18.3 Å². The highest BCUT2D eigenvalue weighted by Crippen LogP contribution is 2.65. The van der Waals surface area contributed by atoms with Gasteiger partial charge in [0, 0.05) is 33.1 Å². The van der Waals surface area contributed by atoms with Gasteiger partial charge >= 0.3 is 23.9 Å². The van der Waals surface area contributed by atoms with Gasteiger partial charge in [-0.05, 0) is 26.7 Å². The molecule has 0 spiro atoms. The van der Waals surface area contributed by atoms with Crippen molar-refractivity contribution in [1.29, 1.82) is 0 Å². The van der Waals surface area contributed by atoms with Crippen molar-refractivity contribution in [2.45, 2.75) is 108 Å². The number of carbonyl (C=O) groups is 4. The molecule has 0 aromatic carbocycles. The Balaban J connectivity index is 2.01. The second kappa shape index (κ2) is 9.24. The standard InChI is InChI=1S/C26H35ClO10/c1-11-8-9-16(33-13(3)28)24(6)17(34-14(4)29)10-18-25(7,37-18)20(24)22(35-15(5)30)26(32)12(2)23(31)36-21(26)19(11)27/h12,16-22,32H,1,8-10H2,2-7H3. The zero-order valence-electron chi connectivity index (χ0n) is 21.9. The molecular formula is C26H35ClO10. The predicted molar refractivity (Wildman–Crippen MR) is 128 cm³/mol. The zero-order valence-corrected chi connectivity index (χ0v) is 22.7. The average Bonchev–Trinajstić information content (AvgIpc) is 3.39. The smallest absolute Gasteiger partial charge is 0.312 e. The Morgan fingerprint density at radius 2 is 1.62 bits per heavy atom. The first-order chi connectivity index (χ1) is 17.1. The fourth-order valence-electron chi connectivity index (χ4n) is 6.94. The van der Waals surface area contributed by atoms with E-state index in [4.69, 9.17) is 35.3 Å². The zero-order chi connectivity index (χ0) is 27.7. The first kappa shape index (κ1) is 27.9. The molecule has 11 heteroatoms. The number of rotatable bonds is 3. The van der Waals surface area contributed by atoms with Gasteiger partial charge in [0.05, 0.1) is 28.4 Å². The summed E-state index contributed by atoms with van der Waals surface area (Å²) in [4.78, 5) is 50.0. The van der Waals surface area contributed by atoms with E-state index in [1.165, 1.54) is 27.7 Å². The van der Waals surface area contributed by atoms with Gasteiger partial charge < -0.3 is 28.8 Å². The molecule has 11 unspecified atom stereocenters. The molecule has 0 radical (unpaired) electrons. The van der Waals surface area contributed by atoms with Crippen LogP contribution in [0.1, 0.15) is 60.8 Å². The molecule has 2 aliphatic heterocycles. The molecule has 4 fully saturated rings. The fourth-order valence-corrected chi connectivity index (χ4v) is 7.30. The fraction of sp³-hybridized carbons (Fsp3) is 0.769. The molecule has 2 aliphatic carbocycles. The van der Waals surface area contributed by atoms with Gasteiger partial charge in [0.15, 0.2) is 11.7 Å². The highest BCUT2D eigenvalue weighted by molar-refractivity contribution is 6.23. The first-order valence-corrected chi connectivity index (χ1v) is 13.0. The number of carbonyl (C=O) groups excluding carboxylic acids is 4. The van der Waals surface area contributed by atoms with E-state index in [1.807, 2.05) is 6.92 Å². The molecule has 206 valence electrons. The lowest BCUT2D eigenvalue weighted by molar-refractivity contribution is -0.236. The monoisotopic (exact) mass is 542 g/mol. The van der Waals surface area contributed by atoms with Gasteiger partial charge in [-0.1, -0.05) is 19.1 Å². The number of hydrogen-bond donors (Lipinski definition) is 1. The highest BCUT2D eigenvalue weighted by Gasteiger charge is 2.78. The van der Waals surface area contributed by atoms with Crippen molar-refractivity contribution in [1.82, 2.24) is 0 Å². The van der Waals surface area contributed by atoms with Crippen LogP contribution in [0, 0.1) is 17.3 Å². The third-order valence-corrected chi connectivity index (χ3v) is 9.42. The van der Waals surface area contributed by atoms with Gasteiger partial charge in [0.2, 0.25) is 0 Å². The van der Waals surface area contributed by atoms with Crippen LogP contribution in [0.15, 0.2) is 12.2 Å². The lowest BCUT2D eigenvalue weighted by Crippen LogP contribution is -2.70. The second-order valence-corrected chi connectivity index (χ2v) is 11.6. The molecule has 4 rings (SSSR count). The molecule has 2 saturated carbocycles. The van der Waals surface area contributed by atoms with Crippen LogP contribution in [-0.4, -0.2) is 76.1 Å². The topological polar surface area (TPSA) is 138 Å². The maximum Gasteiger partial charge on any atom is 0.312 e. The largest absolute Gasteiger partial charge is 0.462 e. The number of alkyl halides is 1. The lowest BCUT2D eigenvalue weighted by atomic mass is 9.53. The maximum atomic E-state index is 12.9. The van der Waals surface area contributed by atoms with Crippen molar-refractivity contribution < 1.29 is 48.0 Å². The van der Waals surface area contributed by atoms with Crippen molar-refractivity contribution in [2.24, 2.45) is 17.3 Å². The summed E-state index contributed by atoms with van der Waals surface area (Å²) in [5.41, 5.74) is -3.84. The van der Waals surface area contributed by atoms with Gasteiger partial charge in [-0.2, -0.15) is 0 Å². The van der Waals surface area contributed by atoms with Crippen LogP contribution in [0.5, 0.6) is 0 Å². The Hall–Kier alpha value is -2.17. The molecule has 0 aromatic heterocycles. The number of epoxide rings is 1. The molecule has 2 heterocycles. The Morgan fingerprint density at radius 1 is 1.05 bits per heavy atom. The summed E-state index contributed by atoms with van der Waals surface area (Å²) < 4.78 is 29.3. The second-order valence-electron chi connectivity index (χ2n) is 11.2. The summed E-state index contributed by atoms with van der Waals surface area (Å²) in [5.74, 6) is -4.56. The molecule has 4 aliphatic rings. The molecule has 1 N–H and O–H groups in total. The maximum absolute atomic E-state index is 12.9. The third-order valence-electron chi connectivity index (χ3n) is 8.88. The molecule has 2 saturated heterocycles. The van der Waals surface area contributed by atoms with Crippen molar-refractivity contribution >= 4 is 35.5 Å². The van der Waals surface area contributed by atoms with E-state index in [9.17, 15) is 24.3 Å². The Bertz CT molecular complexity index is 1030. The van der Waals surface area contributed by atoms with Crippen LogP contribution >= 0.6 is 11.6 Å². The quantitative estimate of drug-likeness (QED) is 0.186. The van der Waals surface area contributed by atoms with Crippen molar-refractivity contribution in [3.63, 3.8) is 0 Å². The van der Waals surface area contributed by atoms with Crippen LogP contribution in [0.2, 0.25) is 0 Å². The molecule has 0 amide bonds. The van der Waals surface area contributed by atoms with E-state index in [0.717, 1.165) is 0 Å². The van der Waals surface area contributed by atoms with Crippen LogP contribution < -0.4 is 0 Å². The number of hydrogen-bond acceptors (Lipinski definition) is 10. The Labute approximate surface area is 220 Å². The summed E-state index contributed by atoms with van der Waals surface area (Å²) >= 11 is 6.75. The van der Waals surface area contributed by atoms with E-state index in [2.05, 4.69) is 6.58 Å². The summed E-state index contributed by atoms with van der Waals surface area (Å²) in [5, 5.41) is 11.4. The van der Waals surface area contributed by atoms with Gasteiger partial charge in [-0.15, -0.1) is 11.6 Å². The molecule has 37 heavy (non-hydrogen) atoms. The Kier molecular flexibility index (Phi) is 6.95. The predicted octanol–water partition coefficient (Wildman–Crippen LogP) is 2.22. The first-order valence-electron chi connectivity index (χ1n) is 12.5. The molecule has 11 atom stereocenters. The summed E-state index contributed by atoms with van der Waals surface area (Å²) in [7, 11) is 0. The van der Waals surface area contributed by atoms with E-state index in [1.54, 1.807) is 6.92 Å². The summed E-state index contributed by atoms with van der Waals surface area (Å²) in [6.45, 7) is 12.9. The summed E-state index contributed by atoms with van der Waals surface area (Å²) in [6, 6.07) is 0. The number of esters is 4. The third kappa shape index (κ3) is 4.25. The van der Waals surface area contributed by atoms with E-state index in [0.29, 0.717) is 12.0 Å². The van der Waals surface area contributed by atoms with E-state index in [-0.39, 0.29) is 12.8 Å².